The number of primary sulfonamides is 1. The summed E-state index contributed by atoms with van der Waals surface area (Å²) in [5.41, 5.74) is 2.62. The first kappa shape index (κ1) is 20.1. The molecular formula is C19H13Cl2N3O3S. The Hall–Kier alpha value is -2.63. The van der Waals surface area contributed by atoms with Crippen LogP contribution in [0.25, 0.3) is 22.4 Å². The lowest BCUT2D eigenvalue weighted by atomic mass is 9.98. The minimum atomic E-state index is -3.82. The van der Waals surface area contributed by atoms with E-state index < -0.39 is 10.0 Å². The second kappa shape index (κ2) is 7.78. The molecule has 0 unspecified atom stereocenters. The fraction of sp³-hybridized carbons (Fsp3) is 0.0526. The number of methoxy groups -OCH3 is 1. The standard InChI is InChI=1S/C19H13Cl2N3O3S/c1-27-19-13(10-22)8-15(11-2-5-14(6-3-11)28(23,25)26)18(24-19)12-4-7-16(20)17(21)9-12/h2-9H,1H3,(H2,23,25,26). The zero-order valence-electron chi connectivity index (χ0n) is 14.5. The van der Waals surface area contributed by atoms with Crippen molar-refractivity contribution in [3.05, 3.63) is 64.1 Å². The van der Waals surface area contributed by atoms with Gasteiger partial charge in [-0.3, -0.25) is 0 Å². The molecule has 2 aromatic carbocycles. The Bertz CT molecular complexity index is 1200. The number of nitrogens with two attached hydrogens (primary N) is 1. The maximum atomic E-state index is 11.5. The molecule has 3 rings (SSSR count). The first-order valence-corrected chi connectivity index (χ1v) is 10.1. The Morgan fingerprint density at radius 1 is 1.04 bits per heavy atom. The van der Waals surface area contributed by atoms with Crippen LogP contribution in [0.2, 0.25) is 10.0 Å². The highest BCUT2D eigenvalue weighted by molar-refractivity contribution is 7.89. The monoisotopic (exact) mass is 433 g/mol. The summed E-state index contributed by atoms with van der Waals surface area (Å²) < 4.78 is 28.2. The lowest BCUT2D eigenvalue weighted by molar-refractivity contribution is 0.397. The van der Waals surface area contributed by atoms with Gasteiger partial charge in [0, 0.05) is 11.1 Å². The van der Waals surface area contributed by atoms with E-state index >= 15 is 0 Å². The van der Waals surface area contributed by atoms with Gasteiger partial charge in [-0.2, -0.15) is 5.26 Å². The highest BCUT2D eigenvalue weighted by Crippen LogP contribution is 2.37. The summed E-state index contributed by atoms with van der Waals surface area (Å²) in [5.74, 6) is 0.161. The van der Waals surface area contributed by atoms with Gasteiger partial charge < -0.3 is 4.74 Å². The average molecular weight is 434 g/mol. The maximum Gasteiger partial charge on any atom is 0.238 e. The minimum absolute atomic E-state index is 0.0192. The van der Waals surface area contributed by atoms with Crippen molar-refractivity contribution in [2.75, 3.05) is 7.11 Å². The van der Waals surface area contributed by atoms with Crippen LogP contribution >= 0.6 is 23.2 Å². The van der Waals surface area contributed by atoms with Crippen LogP contribution in [0, 0.1) is 11.3 Å². The molecule has 0 spiro atoms. The van der Waals surface area contributed by atoms with E-state index in [1.54, 1.807) is 36.4 Å². The van der Waals surface area contributed by atoms with Crippen LogP contribution in [0.1, 0.15) is 5.56 Å². The molecule has 142 valence electrons. The molecule has 6 nitrogen and oxygen atoms in total. The minimum Gasteiger partial charge on any atom is -0.480 e. The van der Waals surface area contributed by atoms with E-state index in [0.717, 1.165) is 0 Å². The molecule has 3 aromatic rings. The van der Waals surface area contributed by atoms with Gasteiger partial charge >= 0.3 is 0 Å². The molecule has 1 aromatic heterocycles. The van der Waals surface area contributed by atoms with E-state index in [4.69, 9.17) is 33.1 Å². The number of nitrogens with zero attached hydrogens (tertiary/aromatic N) is 2. The van der Waals surface area contributed by atoms with Gasteiger partial charge in [-0.15, -0.1) is 0 Å². The van der Waals surface area contributed by atoms with Crippen molar-refractivity contribution in [1.29, 1.82) is 5.26 Å². The zero-order chi connectivity index (χ0) is 20.5. The molecule has 0 atom stereocenters. The fourth-order valence-corrected chi connectivity index (χ4v) is 3.45. The number of pyridine rings is 1. The second-order valence-corrected chi connectivity index (χ2v) is 8.13. The molecule has 1 heterocycles. The summed E-state index contributed by atoms with van der Waals surface area (Å²) in [4.78, 5) is 4.44. The van der Waals surface area contributed by atoms with Crippen molar-refractivity contribution >= 4 is 33.2 Å². The SMILES string of the molecule is COc1nc(-c2ccc(Cl)c(Cl)c2)c(-c2ccc(S(N)(=O)=O)cc2)cc1C#N. The number of halogens is 2. The van der Waals surface area contributed by atoms with Gasteiger partial charge in [-0.1, -0.05) is 41.4 Å². The van der Waals surface area contributed by atoms with E-state index in [2.05, 4.69) is 4.98 Å². The number of hydrogen-bond donors (Lipinski definition) is 1. The number of aromatic nitrogens is 1. The smallest absolute Gasteiger partial charge is 0.238 e. The molecule has 9 heteroatoms. The van der Waals surface area contributed by atoms with Crippen LogP contribution in [0.5, 0.6) is 5.88 Å². The number of benzene rings is 2. The van der Waals surface area contributed by atoms with Gasteiger partial charge in [-0.25, -0.2) is 18.5 Å². The second-order valence-electron chi connectivity index (χ2n) is 5.75. The number of sulfonamides is 1. The van der Waals surface area contributed by atoms with Crippen LogP contribution in [0.3, 0.4) is 0 Å². The molecule has 0 saturated carbocycles. The highest BCUT2D eigenvalue weighted by atomic mass is 35.5. The van der Waals surface area contributed by atoms with Crippen molar-refractivity contribution in [2.45, 2.75) is 4.90 Å². The van der Waals surface area contributed by atoms with E-state index in [1.807, 2.05) is 6.07 Å². The van der Waals surface area contributed by atoms with Gasteiger partial charge in [0.15, 0.2) is 0 Å². The topological polar surface area (TPSA) is 106 Å². The molecule has 0 saturated heterocycles. The third-order valence-electron chi connectivity index (χ3n) is 3.99. The third-order valence-corrected chi connectivity index (χ3v) is 5.66. The van der Waals surface area contributed by atoms with Crippen LogP contribution < -0.4 is 9.88 Å². The first-order chi connectivity index (χ1) is 13.2. The number of hydrogen-bond acceptors (Lipinski definition) is 5. The van der Waals surface area contributed by atoms with Gasteiger partial charge in [0.2, 0.25) is 15.9 Å². The van der Waals surface area contributed by atoms with Gasteiger partial charge in [0.25, 0.3) is 0 Å². The molecular weight excluding hydrogens is 421 g/mol. The van der Waals surface area contributed by atoms with E-state index in [1.165, 1.54) is 19.2 Å². The van der Waals surface area contributed by atoms with Crippen LogP contribution in [-0.2, 0) is 10.0 Å². The van der Waals surface area contributed by atoms with Crippen molar-refractivity contribution in [3.63, 3.8) is 0 Å². The number of nitriles is 1. The van der Waals surface area contributed by atoms with Crippen molar-refractivity contribution in [1.82, 2.24) is 4.98 Å². The highest BCUT2D eigenvalue weighted by Gasteiger charge is 2.17. The first-order valence-electron chi connectivity index (χ1n) is 7.82. The van der Waals surface area contributed by atoms with Gasteiger partial charge in [0.1, 0.15) is 11.6 Å². The van der Waals surface area contributed by atoms with E-state index in [-0.39, 0.29) is 16.3 Å². The molecule has 0 aliphatic heterocycles. The Balaban J connectivity index is 2.26. The molecule has 0 radical (unpaired) electrons. The molecule has 0 aliphatic rings. The lowest BCUT2D eigenvalue weighted by Gasteiger charge is -2.13. The predicted octanol–water partition coefficient (Wildman–Crippen LogP) is 4.25. The average Bonchev–Trinajstić information content (AvgIpc) is 2.68. The number of rotatable bonds is 4. The Morgan fingerprint density at radius 3 is 2.21 bits per heavy atom. The number of ether oxygens (including phenoxy) is 1. The van der Waals surface area contributed by atoms with Gasteiger partial charge in [-0.05, 0) is 35.9 Å². The molecule has 28 heavy (non-hydrogen) atoms. The molecule has 0 amide bonds. The largest absolute Gasteiger partial charge is 0.480 e. The van der Waals surface area contributed by atoms with Crippen LogP contribution in [-0.4, -0.2) is 20.5 Å². The molecule has 0 fully saturated rings. The van der Waals surface area contributed by atoms with E-state index in [0.29, 0.717) is 32.4 Å². The third kappa shape index (κ3) is 3.96. The summed E-state index contributed by atoms with van der Waals surface area (Å²) in [6.45, 7) is 0. The van der Waals surface area contributed by atoms with Crippen molar-refractivity contribution < 1.29 is 13.2 Å². The summed E-state index contributed by atoms with van der Waals surface area (Å²) in [7, 11) is -2.40. The summed E-state index contributed by atoms with van der Waals surface area (Å²) >= 11 is 12.1. The summed E-state index contributed by atoms with van der Waals surface area (Å²) in [6, 6.07) is 14.6. The van der Waals surface area contributed by atoms with Crippen molar-refractivity contribution in [2.24, 2.45) is 5.14 Å². The lowest BCUT2D eigenvalue weighted by Crippen LogP contribution is -2.11. The Morgan fingerprint density at radius 2 is 1.68 bits per heavy atom. The fourth-order valence-electron chi connectivity index (χ4n) is 2.64. The summed E-state index contributed by atoms with van der Waals surface area (Å²) in [6.07, 6.45) is 0. The van der Waals surface area contributed by atoms with E-state index in [9.17, 15) is 13.7 Å². The molecule has 0 bridgehead atoms. The van der Waals surface area contributed by atoms with Crippen LogP contribution in [0.4, 0.5) is 0 Å². The Labute approximate surface area is 172 Å². The normalized spacial score (nSPS) is 11.1. The summed E-state index contributed by atoms with van der Waals surface area (Å²) in [5, 5.41) is 15.3. The molecule has 2 N–H and O–H groups in total. The quantitative estimate of drug-likeness (QED) is 0.661. The Kier molecular flexibility index (Phi) is 5.59. The zero-order valence-corrected chi connectivity index (χ0v) is 16.8. The predicted molar refractivity (Wildman–Crippen MR) is 108 cm³/mol. The molecule has 0 aliphatic carbocycles. The van der Waals surface area contributed by atoms with Crippen molar-refractivity contribution in [3.8, 4) is 34.3 Å². The van der Waals surface area contributed by atoms with Crippen LogP contribution in [0.15, 0.2) is 53.4 Å². The maximum absolute atomic E-state index is 11.5. The van der Waals surface area contributed by atoms with Gasteiger partial charge in [0.05, 0.1) is 27.7 Å².